The zero-order valence-corrected chi connectivity index (χ0v) is 17.7. The summed E-state index contributed by atoms with van der Waals surface area (Å²) in [5, 5.41) is 2.77. The third kappa shape index (κ3) is 4.95. The van der Waals surface area contributed by atoms with Gasteiger partial charge in [-0.25, -0.2) is 12.8 Å². The molecule has 0 spiro atoms. The molecule has 6 nitrogen and oxygen atoms in total. The number of halogens is 1. The number of amides is 1. The molecule has 1 amide bonds. The van der Waals surface area contributed by atoms with E-state index in [1.807, 2.05) is 6.92 Å². The minimum Gasteiger partial charge on any atom is -0.455 e. The highest BCUT2D eigenvalue weighted by Gasteiger charge is 2.23. The molecule has 0 bridgehead atoms. The van der Waals surface area contributed by atoms with Gasteiger partial charge in [0.15, 0.2) is 5.76 Å². The predicted molar refractivity (Wildman–Crippen MR) is 111 cm³/mol. The lowest BCUT2D eigenvalue weighted by atomic mass is 10.1. The van der Waals surface area contributed by atoms with Crippen LogP contribution in [0.5, 0.6) is 0 Å². The summed E-state index contributed by atoms with van der Waals surface area (Å²) in [6, 6.07) is 15.1. The van der Waals surface area contributed by atoms with Gasteiger partial charge < -0.3 is 9.73 Å². The number of sulfonamides is 1. The number of furan rings is 1. The molecule has 0 aliphatic heterocycles. The highest BCUT2D eigenvalue weighted by Crippen LogP contribution is 2.19. The molecule has 0 fully saturated rings. The van der Waals surface area contributed by atoms with Crippen LogP contribution in [0.1, 0.15) is 40.4 Å². The average Bonchev–Trinajstić information content (AvgIpc) is 3.17. The van der Waals surface area contributed by atoms with Crippen molar-refractivity contribution >= 4 is 15.9 Å². The van der Waals surface area contributed by atoms with E-state index in [2.05, 4.69) is 5.32 Å². The molecule has 1 heterocycles. The SMILES string of the molecule is Cc1ccc(S(=O)(=O)N(C)Cc2ccc(C(=O)N[C@@H](C)c3ccc(F)cc3)o2)cc1. The number of hydrogen-bond donors (Lipinski definition) is 1. The molecule has 3 aromatic rings. The van der Waals surface area contributed by atoms with E-state index in [0.717, 1.165) is 11.1 Å². The molecule has 8 heteroatoms. The first-order valence-electron chi connectivity index (χ1n) is 9.35. The Morgan fingerprint density at radius 3 is 2.33 bits per heavy atom. The van der Waals surface area contributed by atoms with Gasteiger partial charge in [0, 0.05) is 7.05 Å². The number of hydrogen-bond acceptors (Lipinski definition) is 4. The summed E-state index contributed by atoms with van der Waals surface area (Å²) in [5.74, 6) is -0.382. The quantitative estimate of drug-likeness (QED) is 0.614. The largest absolute Gasteiger partial charge is 0.455 e. The van der Waals surface area contributed by atoms with Gasteiger partial charge in [-0.2, -0.15) is 4.31 Å². The number of nitrogens with one attached hydrogen (secondary N) is 1. The lowest BCUT2D eigenvalue weighted by Crippen LogP contribution is -2.27. The second-order valence-corrected chi connectivity index (χ2v) is 9.13. The Labute approximate surface area is 175 Å². The van der Waals surface area contributed by atoms with Gasteiger partial charge >= 0.3 is 0 Å². The maximum atomic E-state index is 13.0. The molecule has 0 aliphatic carbocycles. The fourth-order valence-corrected chi connectivity index (χ4v) is 4.02. The van der Waals surface area contributed by atoms with E-state index in [9.17, 15) is 17.6 Å². The molecule has 2 aromatic carbocycles. The lowest BCUT2D eigenvalue weighted by Gasteiger charge is -2.16. The zero-order valence-electron chi connectivity index (χ0n) is 16.9. The number of nitrogens with zero attached hydrogens (tertiary/aromatic N) is 1. The number of aryl methyl sites for hydroxylation is 1. The van der Waals surface area contributed by atoms with Crippen LogP contribution < -0.4 is 5.32 Å². The molecule has 1 atom stereocenters. The van der Waals surface area contributed by atoms with Gasteiger partial charge in [-0.15, -0.1) is 0 Å². The van der Waals surface area contributed by atoms with Crippen LogP contribution in [0.15, 0.2) is 70.0 Å². The Bertz CT molecular complexity index is 1120. The highest BCUT2D eigenvalue weighted by atomic mass is 32.2. The van der Waals surface area contributed by atoms with Crippen molar-refractivity contribution in [3.05, 3.63) is 89.1 Å². The summed E-state index contributed by atoms with van der Waals surface area (Å²) in [6.07, 6.45) is 0. The second kappa shape index (κ2) is 8.81. The monoisotopic (exact) mass is 430 g/mol. The van der Waals surface area contributed by atoms with Crippen molar-refractivity contribution in [3.8, 4) is 0 Å². The van der Waals surface area contributed by atoms with E-state index < -0.39 is 15.9 Å². The molecule has 1 aromatic heterocycles. The third-order valence-electron chi connectivity index (χ3n) is 4.71. The first kappa shape index (κ1) is 21.7. The zero-order chi connectivity index (χ0) is 21.9. The third-order valence-corrected chi connectivity index (χ3v) is 6.53. The lowest BCUT2D eigenvalue weighted by molar-refractivity contribution is 0.0909. The molecule has 158 valence electrons. The van der Waals surface area contributed by atoms with Crippen LogP contribution in [-0.2, 0) is 16.6 Å². The van der Waals surface area contributed by atoms with Crippen molar-refractivity contribution in [2.45, 2.75) is 31.3 Å². The van der Waals surface area contributed by atoms with Crippen molar-refractivity contribution in [2.24, 2.45) is 0 Å². The van der Waals surface area contributed by atoms with Crippen LogP contribution in [0.2, 0.25) is 0 Å². The molecule has 1 N–H and O–H groups in total. The highest BCUT2D eigenvalue weighted by molar-refractivity contribution is 7.89. The first-order valence-corrected chi connectivity index (χ1v) is 10.8. The molecule has 0 saturated heterocycles. The van der Waals surface area contributed by atoms with Gasteiger partial charge in [0.05, 0.1) is 17.5 Å². The average molecular weight is 431 g/mol. The number of benzene rings is 2. The van der Waals surface area contributed by atoms with Crippen LogP contribution in [0.4, 0.5) is 4.39 Å². The van der Waals surface area contributed by atoms with Crippen LogP contribution in [0, 0.1) is 12.7 Å². The summed E-state index contributed by atoms with van der Waals surface area (Å²) in [4.78, 5) is 12.6. The second-order valence-electron chi connectivity index (χ2n) is 7.09. The molecular formula is C22H23FN2O4S. The number of carbonyl (C=O) groups is 1. The summed E-state index contributed by atoms with van der Waals surface area (Å²) in [7, 11) is -2.23. The van der Waals surface area contributed by atoms with Gasteiger partial charge in [-0.05, 0) is 55.8 Å². The topological polar surface area (TPSA) is 79.6 Å². The summed E-state index contributed by atoms with van der Waals surface area (Å²) in [5.41, 5.74) is 1.72. The minimum absolute atomic E-state index is 0.0169. The Balaban J connectivity index is 1.66. The van der Waals surface area contributed by atoms with Gasteiger partial charge in [-0.1, -0.05) is 29.8 Å². The van der Waals surface area contributed by atoms with E-state index in [-0.39, 0.29) is 29.1 Å². The van der Waals surface area contributed by atoms with Crippen LogP contribution >= 0.6 is 0 Å². The van der Waals surface area contributed by atoms with Crippen molar-refractivity contribution in [2.75, 3.05) is 7.05 Å². The van der Waals surface area contributed by atoms with Gasteiger partial charge in [-0.3, -0.25) is 4.79 Å². The van der Waals surface area contributed by atoms with E-state index in [1.54, 1.807) is 49.4 Å². The first-order chi connectivity index (χ1) is 14.2. The molecule has 0 unspecified atom stereocenters. The smallest absolute Gasteiger partial charge is 0.287 e. The molecular weight excluding hydrogens is 407 g/mol. The molecule has 0 aliphatic rings. The van der Waals surface area contributed by atoms with Crippen LogP contribution in [-0.4, -0.2) is 25.7 Å². The van der Waals surface area contributed by atoms with Crippen molar-refractivity contribution in [1.82, 2.24) is 9.62 Å². The standard InChI is InChI=1S/C22H23FN2O4S/c1-15-4-11-20(12-5-15)30(27,28)25(3)14-19-10-13-21(29-19)22(26)24-16(2)17-6-8-18(23)9-7-17/h4-13,16H,14H2,1-3H3,(H,24,26)/t16-/m0/s1. The van der Waals surface area contributed by atoms with E-state index in [4.69, 9.17) is 4.42 Å². The Morgan fingerprint density at radius 1 is 1.07 bits per heavy atom. The predicted octanol–water partition coefficient (Wildman–Crippen LogP) is 4.04. The van der Waals surface area contributed by atoms with E-state index in [1.165, 1.54) is 29.6 Å². The Morgan fingerprint density at radius 2 is 1.70 bits per heavy atom. The number of rotatable bonds is 7. The molecule has 30 heavy (non-hydrogen) atoms. The van der Waals surface area contributed by atoms with Gasteiger partial charge in [0.25, 0.3) is 5.91 Å². The summed E-state index contributed by atoms with van der Waals surface area (Å²) >= 11 is 0. The summed E-state index contributed by atoms with van der Waals surface area (Å²) in [6.45, 7) is 3.64. The van der Waals surface area contributed by atoms with Gasteiger partial charge in [0.2, 0.25) is 10.0 Å². The molecule has 3 rings (SSSR count). The van der Waals surface area contributed by atoms with Crippen LogP contribution in [0.25, 0.3) is 0 Å². The number of carbonyl (C=O) groups excluding carboxylic acids is 1. The van der Waals surface area contributed by atoms with Crippen molar-refractivity contribution < 1.29 is 22.0 Å². The molecule has 0 saturated carbocycles. The maximum absolute atomic E-state index is 13.0. The molecule has 0 radical (unpaired) electrons. The maximum Gasteiger partial charge on any atom is 0.287 e. The van der Waals surface area contributed by atoms with Gasteiger partial charge in [0.1, 0.15) is 11.6 Å². The fourth-order valence-electron chi connectivity index (χ4n) is 2.88. The van der Waals surface area contributed by atoms with E-state index >= 15 is 0 Å². The van der Waals surface area contributed by atoms with Crippen LogP contribution in [0.3, 0.4) is 0 Å². The van der Waals surface area contributed by atoms with Crippen molar-refractivity contribution in [1.29, 1.82) is 0 Å². The normalized spacial score (nSPS) is 12.7. The fraction of sp³-hybridized carbons (Fsp3) is 0.227. The minimum atomic E-state index is -3.68. The Kier molecular flexibility index (Phi) is 6.38. The Hall–Kier alpha value is -2.97. The van der Waals surface area contributed by atoms with Crippen molar-refractivity contribution in [3.63, 3.8) is 0 Å². The van der Waals surface area contributed by atoms with E-state index in [0.29, 0.717) is 5.76 Å². The summed E-state index contributed by atoms with van der Waals surface area (Å²) < 4.78 is 45.1.